The molecule has 0 saturated carbocycles. The van der Waals surface area contributed by atoms with E-state index in [1.165, 1.54) is 32.2 Å². The van der Waals surface area contributed by atoms with E-state index in [0.29, 0.717) is 17.1 Å². The number of nitrogens with zero attached hydrogens (tertiary/aromatic N) is 1. The Balaban J connectivity index is 2.25. The molecule has 2 aromatic rings. The third kappa shape index (κ3) is 5.64. The molecule has 0 aliphatic carbocycles. The van der Waals surface area contributed by atoms with Crippen LogP contribution in [0.2, 0.25) is 5.02 Å². The van der Waals surface area contributed by atoms with Gasteiger partial charge in [-0.25, -0.2) is 13.2 Å². The lowest BCUT2D eigenvalue weighted by Gasteiger charge is -2.28. The van der Waals surface area contributed by atoms with E-state index in [-0.39, 0.29) is 17.2 Å². The van der Waals surface area contributed by atoms with Crippen molar-refractivity contribution >= 4 is 44.9 Å². The number of benzene rings is 2. The van der Waals surface area contributed by atoms with Gasteiger partial charge in [-0.1, -0.05) is 11.6 Å². The van der Waals surface area contributed by atoms with Gasteiger partial charge in [0.1, 0.15) is 11.8 Å². The smallest absolute Gasteiger partial charge is 0.339 e. The first-order valence-corrected chi connectivity index (χ1v) is 11.2. The molecular formula is C20H23ClN2O6S. The predicted octanol–water partition coefficient (Wildman–Crippen LogP) is 3.32. The Kier molecular flexibility index (Phi) is 7.69. The van der Waals surface area contributed by atoms with Crippen molar-refractivity contribution in [1.82, 2.24) is 0 Å². The van der Waals surface area contributed by atoms with E-state index in [0.717, 1.165) is 10.6 Å². The van der Waals surface area contributed by atoms with E-state index in [1.54, 1.807) is 31.2 Å². The summed E-state index contributed by atoms with van der Waals surface area (Å²) in [4.78, 5) is 24.6. The fourth-order valence-corrected chi connectivity index (χ4v) is 4.18. The number of ether oxygens (including phenoxy) is 2. The minimum Gasteiger partial charge on any atom is -0.497 e. The van der Waals surface area contributed by atoms with Gasteiger partial charge < -0.3 is 14.8 Å². The van der Waals surface area contributed by atoms with Crippen molar-refractivity contribution in [2.75, 3.05) is 29.6 Å². The molecule has 0 aliphatic rings. The molecule has 0 radical (unpaired) electrons. The molecule has 0 spiro atoms. The number of sulfonamides is 1. The fourth-order valence-electron chi connectivity index (χ4n) is 2.75. The lowest BCUT2D eigenvalue weighted by atomic mass is 10.2. The number of halogens is 1. The van der Waals surface area contributed by atoms with Gasteiger partial charge in [-0.15, -0.1) is 0 Å². The zero-order valence-corrected chi connectivity index (χ0v) is 18.6. The van der Waals surface area contributed by atoms with Crippen molar-refractivity contribution in [3.05, 3.63) is 53.1 Å². The largest absolute Gasteiger partial charge is 0.497 e. The number of methoxy groups -OCH3 is 1. The summed E-state index contributed by atoms with van der Waals surface area (Å²) in [6, 6.07) is 9.56. The minimum absolute atomic E-state index is 0.106. The quantitative estimate of drug-likeness (QED) is 0.614. The highest BCUT2D eigenvalue weighted by molar-refractivity contribution is 7.92. The van der Waals surface area contributed by atoms with Gasteiger partial charge in [0.2, 0.25) is 15.9 Å². The third-order valence-corrected chi connectivity index (χ3v) is 5.70. The molecule has 1 N–H and O–H groups in total. The molecule has 0 bridgehead atoms. The molecule has 2 rings (SSSR count). The summed E-state index contributed by atoms with van der Waals surface area (Å²) in [6.07, 6.45) is 1.02. The zero-order valence-electron chi connectivity index (χ0n) is 17.0. The normalized spacial score (nSPS) is 12.0. The number of anilines is 2. The lowest BCUT2D eigenvalue weighted by Crippen LogP contribution is -2.45. The van der Waals surface area contributed by atoms with Crippen LogP contribution in [-0.2, 0) is 19.6 Å². The van der Waals surface area contributed by atoms with Gasteiger partial charge in [0.25, 0.3) is 0 Å². The van der Waals surface area contributed by atoms with Crippen molar-refractivity contribution in [3.8, 4) is 5.75 Å². The Bertz CT molecular complexity index is 1020. The van der Waals surface area contributed by atoms with Gasteiger partial charge in [-0.3, -0.25) is 9.10 Å². The van der Waals surface area contributed by atoms with E-state index >= 15 is 0 Å². The molecule has 0 aliphatic heterocycles. The van der Waals surface area contributed by atoms with Crippen molar-refractivity contribution in [3.63, 3.8) is 0 Å². The topological polar surface area (TPSA) is 102 Å². The molecule has 10 heteroatoms. The Morgan fingerprint density at radius 2 is 1.80 bits per heavy atom. The molecule has 1 amide bonds. The monoisotopic (exact) mass is 454 g/mol. The fraction of sp³-hybridized carbons (Fsp3) is 0.300. The van der Waals surface area contributed by atoms with E-state index in [1.807, 2.05) is 0 Å². The summed E-state index contributed by atoms with van der Waals surface area (Å²) in [5.41, 5.74) is 0.797. The Morgan fingerprint density at radius 3 is 2.30 bits per heavy atom. The van der Waals surface area contributed by atoms with Gasteiger partial charge in [0, 0.05) is 5.69 Å². The summed E-state index contributed by atoms with van der Waals surface area (Å²) < 4.78 is 35.7. The Labute approximate surface area is 180 Å². The highest BCUT2D eigenvalue weighted by Crippen LogP contribution is 2.25. The molecule has 8 nitrogen and oxygen atoms in total. The second-order valence-corrected chi connectivity index (χ2v) is 8.60. The van der Waals surface area contributed by atoms with E-state index in [9.17, 15) is 18.0 Å². The van der Waals surface area contributed by atoms with Crippen molar-refractivity contribution in [1.29, 1.82) is 0 Å². The number of amides is 1. The van der Waals surface area contributed by atoms with Crippen LogP contribution in [0.25, 0.3) is 0 Å². The lowest BCUT2D eigenvalue weighted by molar-refractivity contribution is -0.116. The summed E-state index contributed by atoms with van der Waals surface area (Å²) in [6.45, 7) is 3.35. The van der Waals surface area contributed by atoms with Gasteiger partial charge in [-0.05, 0) is 56.3 Å². The summed E-state index contributed by atoms with van der Waals surface area (Å²) in [7, 11) is -2.26. The molecule has 0 unspecified atom stereocenters. The molecule has 0 heterocycles. The van der Waals surface area contributed by atoms with Crippen LogP contribution < -0.4 is 14.4 Å². The van der Waals surface area contributed by atoms with Crippen LogP contribution in [0.3, 0.4) is 0 Å². The first kappa shape index (κ1) is 23.5. The van der Waals surface area contributed by atoms with Crippen molar-refractivity contribution < 1.29 is 27.5 Å². The molecule has 2 aromatic carbocycles. The van der Waals surface area contributed by atoms with Gasteiger partial charge >= 0.3 is 5.97 Å². The first-order valence-electron chi connectivity index (χ1n) is 8.99. The Hall–Kier alpha value is -2.78. The standard InChI is InChI=1S/C20H23ClN2O6S/c1-5-29-20(25)17-11-6-14(12-18(17)21)22-19(24)13(2)23(30(4,26)27)15-7-9-16(28-3)10-8-15/h6-13H,5H2,1-4H3,(H,22,24)/t13-/m0/s1. The number of carbonyl (C=O) groups excluding carboxylic acids is 2. The predicted molar refractivity (Wildman–Crippen MR) is 116 cm³/mol. The van der Waals surface area contributed by atoms with Crippen LogP contribution >= 0.6 is 11.6 Å². The maximum absolute atomic E-state index is 12.8. The second-order valence-electron chi connectivity index (χ2n) is 6.34. The summed E-state index contributed by atoms with van der Waals surface area (Å²) >= 11 is 6.11. The molecule has 30 heavy (non-hydrogen) atoms. The first-order chi connectivity index (χ1) is 14.1. The highest BCUT2D eigenvalue weighted by atomic mass is 35.5. The number of hydrogen-bond acceptors (Lipinski definition) is 6. The third-order valence-electron chi connectivity index (χ3n) is 4.15. The number of esters is 1. The molecular weight excluding hydrogens is 432 g/mol. The van der Waals surface area contributed by atoms with Crippen LogP contribution in [0.5, 0.6) is 5.75 Å². The minimum atomic E-state index is -3.76. The average molecular weight is 455 g/mol. The van der Waals surface area contributed by atoms with E-state index in [2.05, 4.69) is 5.32 Å². The molecule has 162 valence electrons. The molecule has 0 saturated heterocycles. The van der Waals surface area contributed by atoms with Crippen LogP contribution in [0.15, 0.2) is 42.5 Å². The number of carbonyl (C=O) groups is 2. The van der Waals surface area contributed by atoms with Crippen LogP contribution in [-0.4, -0.2) is 46.3 Å². The SMILES string of the molecule is CCOC(=O)c1ccc(NC(=O)[C@H](C)N(c2ccc(OC)cc2)S(C)(=O)=O)cc1Cl. The molecule has 0 aromatic heterocycles. The molecule has 0 fully saturated rings. The van der Waals surface area contributed by atoms with Crippen LogP contribution in [0, 0.1) is 0 Å². The van der Waals surface area contributed by atoms with Crippen LogP contribution in [0.1, 0.15) is 24.2 Å². The Morgan fingerprint density at radius 1 is 1.17 bits per heavy atom. The maximum atomic E-state index is 12.8. The highest BCUT2D eigenvalue weighted by Gasteiger charge is 2.29. The second kappa shape index (κ2) is 9.82. The van der Waals surface area contributed by atoms with Crippen LogP contribution in [0.4, 0.5) is 11.4 Å². The number of hydrogen-bond donors (Lipinski definition) is 1. The van der Waals surface area contributed by atoms with E-state index in [4.69, 9.17) is 21.1 Å². The zero-order chi connectivity index (χ0) is 22.5. The van der Waals surface area contributed by atoms with E-state index < -0.39 is 27.9 Å². The average Bonchev–Trinajstić information content (AvgIpc) is 2.67. The van der Waals surface area contributed by atoms with Gasteiger partial charge in [-0.2, -0.15) is 0 Å². The van der Waals surface area contributed by atoms with Crippen molar-refractivity contribution in [2.45, 2.75) is 19.9 Å². The summed E-state index contributed by atoms with van der Waals surface area (Å²) in [5, 5.41) is 2.72. The number of nitrogens with one attached hydrogen (secondary N) is 1. The maximum Gasteiger partial charge on any atom is 0.339 e. The number of rotatable bonds is 8. The molecule has 1 atom stereocenters. The summed E-state index contributed by atoms with van der Waals surface area (Å²) in [5.74, 6) is -0.590. The van der Waals surface area contributed by atoms with Gasteiger partial charge in [0.05, 0.1) is 36.2 Å². The van der Waals surface area contributed by atoms with Gasteiger partial charge in [0.15, 0.2) is 0 Å². The van der Waals surface area contributed by atoms with Crippen molar-refractivity contribution in [2.24, 2.45) is 0 Å².